The first kappa shape index (κ1) is 23.7. The van der Waals surface area contributed by atoms with Gasteiger partial charge >= 0.3 is 0 Å². The fourth-order valence-electron chi connectivity index (χ4n) is 4.21. The average molecular weight is 476 g/mol. The Morgan fingerprint density at radius 3 is 2.15 bits per heavy atom. The smallest absolute Gasteiger partial charge is 0.282 e. The molecule has 7 nitrogen and oxygen atoms in total. The van der Waals surface area contributed by atoms with Gasteiger partial charge in [0, 0.05) is 44.8 Å². The Morgan fingerprint density at radius 1 is 0.848 bits per heavy atom. The van der Waals surface area contributed by atoms with Gasteiger partial charge in [-0.25, -0.2) is 4.39 Å². The Kier molecular flexibility index (Phi) is 7.62. The number of halogens is 1. The van der Waals surface area contributed by atoms with E-state index in [1.165, 1.54) is 16.4 Å². The molecule has 2 fully saturated rings. The van der Waals surface area contributed by atoms with Gasteiger partial charge in [-0.3, -0.25) is 4.79 Å². The number of nitrogens with zero attached hydrogens (tertiary/aromatic N) is 3. The minimum atomic E-state index is -3.48. The van der Waals surface area contributed by atoms with Crippen molar-refractivity contribution in [2.45, 2.75) is 32.3 Å². The summed E-state index contributed by atoms with van der Waals surface area (Å²) in [6.07, 6.45) is 3.94. The third kappa shape index (κ3) is 5.90. The molecule has 1 amide bonds. The SMILES string of the molecule is O=C(c1cccc(OCc2ccc(F)cc2)c1)N1CCN(S(=O)(=O)N2CCCCCC2)CC1. The largest absolute Gasteiger partial charge is 0.489 e. The predicted molar refractivity (Wildman–Crippen MR) is 124 cm³/mol. The summed E-state index contributed by atoms with van der Waals surface area (Å²) in [5.41, 5.74) is 1.32. The first-order chi connectivity index (χ1) is 15.9. The molecule has 2 aromatic carbocycles. The van der Waals surface area contributed by atoms with Crippen LogP contribution in [0.1, 0.15) is 41.6 Å². The van der Waals surface area contributed by atoms with Gasteiger partial charge < -0.3 is 9.64 Å². The summed E-state index contributed by atoms with van der Waals surface area (Å²) in [6, 6.07) is 13.0. The molecular weight excluding hydrogens is 445 g/mol. The van der Waals surface area contributed by atoms with E-state index >= 15 is 0 Å². The van der Waals surface area contributed by atoms with E-state index in [1.54, 1.807) is 45.6 Å². The molecule has 2 aromatic rings. The number of amides is 1. The summed E-state index contributed by atoms with van der Waals surface area (Å²) in [7, 11) is -3.48. The van der Waals surface area contributed by atoms with Crippen LogP contribution in [0.5, 0.6) is 5.75 Å². The van der Waals surface area contributed by atoms with E-state index in [4.69, 9.17) is 4.74 Å². The van der Waals surface area contributed by atoms with Crippen LogP contribution in [0.25, 0.3) is 0 Å². The van der Waals surface area contributed by atoms with Gasteiger partial charge in [-0.15, -0.1) is 0 Å². The van der Waals surface area contributed by atoms with Crippen molar-refractivity contribution in [3.63, 3.8) is 0 Å². The van der Waals surface area contributed by atoms with E-state index in [2.05, 4.69) is 0 Å². The quantitative estimate of drug-likeness (QED) is 0.643. The van der Waals surface area contributed by atoms with Crippen molar-refractivity contribution in [3.8, 4) is 5.75 Å². The first-order valence-corrected chi connectivity index (χ1v) is 12.8. The summed E-state index contributed by atoms with van der Waals surface area (Å²) in [4.78, 5) is 14.7. The average Bonchev–Trinajstić information content (AvgIpc) is 3.14. The van der Waals surface area contributed by atoms with Gasteiger partial charge in [0.2, 0.25) is 0 Å². The van der Waals surface area contributed by atoms with Crippen molar-refractivity contribution in [2.75, 3.05) is 39.3 Å². The second-order valence-corrected chi connectivity index (χ2v) is 10.4. The van der Waals surface area contributed by atoms with Crippen LogP contribution in [0.4, 0.5) is 4.39 Å². The molecule has 0 saturated carbocycles. The van der Waals surface area contributed by atoms with Gasteiger partial charge in [0.15, 0.2) is 0 Å². The Hall–Kier alpha value is -2.49. The summed E-state index contributed by atoms with van der Waals surface area (Å²) in [5.74, 6) is 0.104. The third-order valence-corrected chi connectivity index (χ3v) is 8.18. The summed E-state index contributed by atoms with van der Waals surface area (Å²) in [6.45, 7) is 2.72. The molecule has 4 rings (SSSR count). The lowest BCUT2D eigenvalue weighted by atomic mass is 10.1. The number of piperazine rings is 1. The third-order valence-electron chi connectivity index (χ3n) is 6.14. The molecule has 9 heteroatoms. The second-order valence-electron chi connectivity index (χ2n) is 8.46. The maximum absolute atomic E-state index is 13.0. The summed E-state index contributed by atoms with van der Waals surface area (Å²) in [5, 5.41) is 0. The Morgan fingerprint density at radius 2 is 1.48 bits per heavy atom. The maximum Gasteiger partial charge on any atom is 0.282 e. The van der Waals surface area contributed by atoms with Gasteiger partial charge in [-0.05, 0) is 48.7 Å². The van der Waals surface area contributed by atoms with Gasteiger partial charge in [0.1, 0.15) is 18.2 Å². The molecule has 0 unspecified atom stereocenters. The van der Waals surface area contributed by atoms with Crippen LogP contribution in [0.3, 0.4) is 0 Å². The van der Waals surface area contributed by atoms with E-state index in [0.717, 1.165) is 31.2 Å². The number of rotatable bonds is 6. The molecule has 2 saturated heterocycles. The standard InChI is InChI=1S/C24H30FN3O4S/c25-22-10-8-20(9-11-22)19-32-23-7-5-6-21(18-23)24(29)26-14-16-28(17-15-26)33(30,31)27-12-3-1-2-4-13-27/h5-11,18H,1-4,12-17,19H2. The molecule has 0 aromatic heterocycles. The van der Waals surface area contributed by atoms with Crippen LogP contribution in [-0.2, 0) is 16.8 Å². The lowest BCUT2D eigenvalue weighted by Gasteiger charge is -2.36. The highest BCUT2D eigenvalue weighted by Gasteiger charge is 2.33. The zero-order valence-electron chi connectivity index (χ0n) is 18.7. The van der Waals surface area contributed by atoms with Crippen LogP contribution in [0, 0.1) is 5.82 Å². The topological polar surface area (TPSA) is 70.2 Å². The van der Waals surface area contributed by atoms with Crippen LogP contribution in [-0.4, -0.2) is 67.1 Å². The number of benzene rings is 2. The van der Waals surface area contributed by atoms with Crippen molar-refractivity contribution in [3.05, 3.63) is 65.5 Å². The fourth-order valence-corrected chi connectivity index (χ4v) is 5.88. The summed E-state index contributed by atoms with van der Waals surface area (Å²) < 4.78 is 47.9. The van der Waals surface area contributed by atoms with Gasteiger partial charge in [-0.1, -0.05) is 31.0 Å². The predicted octanol–water partition coefficient (Wildman–Crippen LogP) is 3.28. The van der Waals surface area contributed by atoms with Crippen LogP contribution in [0.2, 0.25) is 0 Å². The molecule has 2 aliphatic heterocycles. The first-order valence-electron chi connectivity index (χ1n) is 11.5. The molecule has 0 bridgehead atoms. The van der Waals surface area contributed by atoms with Gasteiger partial charge in [0.25, 0.3) is 16.1 Å². The Balaban J connectivity index is 1.33. The maximum atomic E-state index is 13.0. The molecule has 0 spiro atoms. The zero-order valence-corrected chi connectivity index (χ0v) is 19.5. The highest BCUT2D eigenvalue weighted by atomic mass is 32.2. The van der Waals surface area contributed by atoms with E-state index in [-0.39, 0.29) is 18.3 Å². The molecule has 0 radical (unpaired) electrons. The second kappa shape index (κ2) is 10.6. The van der Waals surface area contributed by atoms with Crippen molar-refractivity contribution in [1.29, 1.82) is 0 Å². The van der Waals surface area contributed by atoms with E-state index in [1.807, 2.05) is 0 Å². The molecule has 0 atom stereocenters. The van der Waals surface area contributed by atoms with Crippen molar-refractivity contribution < 1.29 is 22.3 Å². The van der Waals surface area contributed by atoms with E-state index in [0.29, 0.717) is 50.6 Å². The lowest BCUT2D eigenvalue weighted by molar-refractivity contribution is 0.0693. The number of carbonyl (C=O) groups is 1. The monoisotopic (exact) mass is 475 g/mol. The molecule has 2 heterocycles. The molecular formula is C24H30FN3O4S. The molecule has 178 valence electrons. The van der Waals surface area contributed by atoms with Gasteiger partial charge in [0.05, 0.1) is 0 Å². The lowest BCUT2D eigenvalue weighted by Crippen LogP contribution is -2.54. The number of hydrogen-bond acceptors (Lipinski definition) is 4. The normalized spacial score (nSPS) is 18.6. The Bertz CT molecular complexity index is 1050. The molecule has 0 N–H and O–H groups in total. The number of carbonyl (C=O) groups excluding carboxylic acids is 1. The van der Waals surface area contributed by atoms with Crippen molar-refractivity contribution in [1.82, 2.24) is 13.5 Å². The Labute approximate surface area is 194 Å². The highest BCUT2D eigenvalue weighted by molar-refractivity contribution is 7.86. The molecule has 2 aliphatic rings. The van der Waals surface area contributed by atoms with Gasteiger partial charge in [-0.2, -0.15) is 17.0 Å². The highest BCUT2D eigenvalue weighted by Crippen LogP contribution is 2.20. The van der Waals surface area contributed by atoms with Crippen molar-refractivity contribution >= 4 is 16.1 Å². The number of hydrogen-bond donors (Lipinski definition) is 0. The van der Waals surface area contributed by atoms with Crippen LogP contribution in [0.15, 0.2) is 48.5 Å². The zero-order chi connectivity index (χ0) is 23.3. The van der Waals surface area contributed by atoms with E-state index in [9.17, 15) is 17.6 Å². The molecule has 33 heavy (non-hydrogen) atoms. The minimum Gasteiger partial charge on any atom is -0.489 e. The van der Waals surface area contributed by atoms with Crippen molar-refractivity contribution in [2.24, 2.45) is 0 Å². The van der Waals surface area contributed by atoms with Crippen LogP contribution >= 0.6 is 0 Å². The molecule has 0 aliphatic carbocycles. The summed E-state index contributed by atoms with van der Waals surface area (Å²) >= 11 is 0. The minimum absolute atomic E-state index is 0.144. The van der Waals surface area contributed by atoms with Crippen LogP contribution < -0.4 is 4.74 Å². The fraction of sp³-hybridized carbons (Fsp3) is 0.458. The van der Waals surface area contributed by atoms with E-state index < -0.39 is 10.2 Å². The number of ether oxygens (including phenoxy) is 1.